The topological polar surface area (TPSA) is 113 Å². The quantitative estimate of drug-likeness (QED) is 0.587. The molecule has 3 aromatic heterocycles. The standard InChI is InChI=1S/C24H28N6O3/c1-2-15-12-16-13-26-24(28-21(16)30(22(15)31)17-6-3-4-7-17)27-20-10-9-18(14-25-20)29-11-5-8-19(29)23(32)33/h9-10,12-14,17,19H,2-8,11H2,1H3,(H,32,33)(H,25,26,27,28)/t19-/m0/s1. The minimum atomic E-state index is -0.807. The highest BCUT2D eigenvalue weighted by atomic mass is 16.4. The Balaban J connectivity index is 1.44. The van der Waals surface area contributed by atoms with E-state index in [0.717, 1.165) is 48.7 Å². The smallest absolute Gasteiger partial charge is 0.326 e. The molecule has 0 amide bonds. The zero-order valence-corrected chi connectivity index (χ0v) is 18.7. The van der Waals surface area contributed by atoms with E-state index in [1.54, 1.807) is 18.5 Å². The first kappa shape index (κ1) is 21.4. The Hall–Kier alpha value is -3.49. The second kappa shape index (κ2) is 8.80. The van der Waals surface area contributed by atoms with E-state index in [1.807, 2.05) is 28.5 Å². The van der Waals surface area contributed by atoms with Crippen molar-refractivity contribution in [3.63, 3.8) is 0 Å². The molecular weight excluding hydrogens is 420 g/mol. The highest BCUT2D eigenvalue weighted by Gasteiger charge is 2.30. The first-order valence-corrected chi connectivity index (χ1v) is 11.7. The number of carbonyl (C=O) groups is 1. The molecule has 9 heteroatoms. The Morgan fingerprint density at radius 2 is 1.97 bits per heavy atom. The van der Waals surface area contributed by atoms with Crippen LogP contribution in [0.5, 0.6) is 0 Å². The maximum Gasteiger partial charge on any atom is 0.326 e. The average molecular weight is 449 g/mol. The molecule has 0 unspecified atom stereocenters. The summed E-state index contributed by atoms with van der Waals surface area (Å²) >= 11 is 0. The Morgan fingerprint density at radius 1 is 1.15 bits per heavy atom. The molecule has 0 aromatic carbocycles. The van der Waals surface area contributed by atoms with Gasteiger partial charge in [0.2, 0.25) is 5.95 Å². The van der Waals surface area contributed by atoms with Crippen molar-refractivity contribution in [3.05, 3.63) is 46.5 Å². The summed E-state index contributed by atoms with van der Waals surface area (Å²) in [4.78, 5) is 40.1. The zero-order chi connectivity index (χ0) is 22.9. The van der Waals surface area contributed by atoms with Gasteiger partial charge in [0.05, 0.1) is 11.9 Å². The lowest BCUT2D eigenvalue weighted by Gasteiger charge is -2.23. The molecule has 2 N–H and O–H groups in total. The molecule has 2 fully saturated rings. The van der Waals surface area contributed by atoms with Crippen molar-refractivity contribution in [3.8, 4) is 0 Å². The Kier molecular flexibility index (Phi) is 5.70. The van der Waals surface area contributed by atoms with Gasteiger partial charge in [-0.05, 0) is 50.3 Å². The summed E-state index contributed by atoms with van der Waals surface area (Å²) in [5.74, 6) is 0.130. The third kappa shape index (κ3) is 4.03. The molecule has 9 nitrogen and oxygen atoms in total. The lowest BCUT2D eigenvalue weighted by molar-refractivity contribution is -0.138. The lowest BCUT2D eigenvalue weighted by Crippen LogP contribution is -2.35. The molecule has 5 rings (SSSR count). The molecule has 0 spiro atoms. The fourth-order valence-electron chi connectivity index (χ4n) is 5.07. The number of anilines is 3. The van der Waals surface area contributed by atoms with Crippen LogP contribution in [0.3, 0.4) is 0 Å². The Morgan fingerprint density at radius 3 is 2.67 bits per heavy atom. The summed E-state index contributed by atoms with van der Waals surface area (Å²) < 4.78 is 1.87. The highest BCUT2D eigenvalue weighted by molar-refractivity contribution is 5.79. The fraction of sp³-hybridized carbons (Fsp3) is 0.458. The molecule has 33 heavy (non-hydrogen) atoms. The molecule has 0 radical (unpaired) electrons. The van der Waals surface area contributed by atoms with Crippen LogP contribution in [0.25, 0.3) is 11.0 Å². The van der Waals surface area contributed by atoms with Crippen molar-refractivity contribution in [2.45, 2.75) is 64.0 Å². The van der Waals surface area contributed by atoms with Crippen LogP contribution in [0.2, 0.25) is 0 Å². The number of hydrogen-bond donors (Lipinski definition) is 2. The van der Waals surface area contributed by atoms with Crippen molar-refractivity contribution >= 4 is 34.5 Å². The largest absolute Gasteiger partial charge is 0.480 e. The number of carboxylic acids is 1. The number of aryl methyl sites for hydroxylation is 1. The van der Waals surface area contributed by atoms with E-state index in [1.165, 1.54) is 0 Å². The maximum atomic E-state index is 13.1. The molecule has 1 aliphatic carbocycles. The van der Waals surface area contributed by atoms with E-state index >= 15 is 0 Å². The molecule has 1 atom stereocenters. The van der Waals surface area contributed by atoms with Gasteiger partial charge in [0.15, 0.2) is 0 Å². The van der Waals surface area contributed by atoms with Gasteiger partial charge in [-0.2, -0.15) is 4.98 Å². The number of pyridine rings is 2. The molecule has 4 heterocycles. The molecule has 172 valence electrons. The Bertz CT molecular complexity index is 1230. The van der Waals surface area contributed by atoms with Crippen LogP contribution in [0.4, 0.5) is 17.5 Å². The van der Waals surface area contributed by atoms with Crippen molar-refractivity contribution in [2.75, 3.05) is 16.8 Å². The van der Waals surface area contributed by atoms with Crippen molar-refractivity contribution in [1.82, 2.24) is 19.5 Å². The molecule has 1 saturated carbocycles. The summed E-state index contributed by atoms with van der Waals surface area (Å²) in [6.45, 7) is 2.70. The average Bonchev–Trinajstić information content (AvgIpc) is 3.52. The molecule has 0 bridgehead atoms. The van der Waals surface area contributed by atoms with Crippen LogP contribution >= 0.6 is 0 Å². The van der Waals surface area contributed by atoms with Gasteiger partial charge in [0.1, 0.15) is 17.5 Å². The minimum Gasteiger partial charge on any atom is -0.480 e. The van der Waals surface area contributed by atoms with E-state index in [9.17, 15) is 14.7 Å². The summed E-state index contributed by atoms with van der Waals surface area (Å²) in [6.07, 6.45) is 9.84. The van der Waals surface area contributed by atoms with Gasteiger partial charge in [-0.25, -0.2) is 14.8 Å². The number of aliphatic carboxylic acids is 1. The van der Waals surface area contributed by atoms with E-state index in [4.69, 9.17) is 4.98 Å². The van der Waals surface area contributed by atoms with Gasteiger partial charge in [0, 0.05) is 29.7 Å². The number of fused-ring (bicyclic) bond motifs is 1. The molecule has 1 saturated heterocycles. The molecule has 3 aromatic rings. The summed E-state index contributed by atoms with van der Waals surface area (Å²) in [6, 6.07) is 5.22. The van der Waals surface area contributed by atoms with Crippen LogP contribution < -0.4 is 15.8 Å². The second-order valence-corrected chi connectivity index (χ2v) is 8.83. The Labute approximate surface area is 191 Å². The third-order valence-corrected chi connectivity index (χ3v) is 6.78. The zero-order valence-electron chi connectivity index (χ0n) is 18.7. The number of nitrogens with zero attached hydrogens (tertiary/aromatic N) is 5. The van der Waals surface area contributed by atoms with Gasteiger partial charge in [-0.1, -0.05) is 19.8 Å². The van der Waals surface area contributed by atoms with Gasteiger partial charge in [-0.15, -0.1) is 0 Å². The fourth-order valence-corrected chi connectivity index (χ4v) is 5.07. The summed E-state index contributed by atoms with van der Waals surface area (Å²) in [5.41, 5.74) is 2.27. The van der Waals surface area contributed by atoms with Crippen LogP contribution in [-0.4, -0.2) is 43.2 Å². The van der Waals surface area contributed by atoms with E-state index < -0.39 is 12.0 Å². The lowest BCUT2D eigenvalue weighted by atomic mass is 10.1. The van der Waals surface area contributed by atoms with Gasteiger partial charge in [-0.3, -0.25) is 9.36 Å². The second-order valence-electron chi connectivity index (χ2n) is 8.83. The normalized spacial score (nSPS) is 18.8. The van der Waals surface area contributed by atoms with Gasteiger partial charge in [0.25, 0.3) is 5.56 Å². The number of rotatable bonds is 6. The number of nitrogens with one attached hydrogen (secondary N) is 1. The monoisotopic (exact) mass is 448 g/mol. The third-order valence-electron chi connectivity index (χ3n) is 6.78. The van der Waals surface area contributed by atoms with Crippen molar-refractivity contribution in [2.24, 2.45) is 0 Å². The van der Waals surface area contributed by atoms with Crippen LogP contribution in [0.1, 0.15) is 57.1 Å². The first-order valence-electron chi connectivity index (χ1n) is 11.7. The van der Waals surface area contributed by atoms with E-state index in [2.05, 4.69) is 15.3 Å². The summed E-state index contributed by atoms with van der Waals surface area (Å²) in [5, 5.41) is 13.4. The number of hydrogen-bond acceptors (Lipinski definition) is 7. The minimum absolute atomic E-state index is 0.0441. The van der Waals surface area contributed by atoms with Gasteiger partial charge >= 0.3 is 5.97 Å². The highest BCUT2D eigenvalue weighted by Crippen LogP contribution is 2.31. The van der Waals surface area contributed by atoms with Crippen molar-refractivity contribution in [1.29, 1.82) is 0 Å². The maximum absolute atomic E-state index is 13.1. The van der Waals surface area contributed by atoms with Crippen LogP contribution in [0, 0.1) is 0 Å². The van der Waals surface area contributed by atoms with Crippen LogP contribution in [-0.2, 0) is 11.2 Å². The van der Waals surface area contributed by atoms with Gasteiger partial charge < -0.3 is 15.3 Å². The van der Waals surface area contributed by atoms with E-state index in [-0.39, 0.29) is 11.6 Å². The van der Waals surface area contributed by atoms with Crippen molar-refractivity contribution < 1.29 is 9.90 Å². The molecular formula is C24H28N6O3. The SMILES string of the molecule is CCc1cc2cnc(Nc3ccc(N4CCC[C@H]4C(=O)O)cn3)nc2n(C2CCCC2)c1=O. The predicted octanol–water partition coefficient (Wildman–Crippen LogP) is 3.66. The summed E-state index contributed by atoms with van der Waals surface area (Å²) in [7, 11) is 0. The molecule has 1 aliphatic heterocycles. The molecule has 2 aliphatic rings. The first-order chi connectivity index (χ1) is 16.0. The van der Waals surface area contributed by atoms with E-state index in [0.29, 0.717) is 36.8 Å². The number of carboxylic acid groups (broad SMARTS) is 1. The number of aromatic nitrogens is 4. The predicted molar refractivity (Wildman–Crippen MR) is 126 cm³/mol. The van der Waals surface area contributed by atoms with Crippen LogP contribution in [0.15, 0.2) is 35.4 Å².